The smallest absolute Gasteiger partial charge is 0.425 e. The van der Waals surface area contributed by atoms with Gasteiger partial charge in [-0.3, -0.25) is 4.21 Å². The number of esters is 1. The van der Waals surface area contributed by atoms with Gasteiger partial charge in [0.25, 0.3) is 0 Å². The molecule has 1 saturated heterocycles. The van der Waals surface area contributed by atoms with Crippen LogP contribution in [-0.4, -0.2) is 74.8 Å². The van der Waals surface area contributed by atoms with E-state index in [0.717, 1.165) is 12.1 Å². The maximum Gasteiger partial charge on any atom is 0.425 e. The molecular formula is C12H20N3O8S-. The van der Waals surface area contributed by atoms with Crippen LogP contribution in [0.1, 0.15) is 20.8 Å². The maximum atomic E-state index is 11.8. The molecule has 138 valence electrons. The van der Waals surface area contributed by atoms with Gasteiger partial charge in [-0.05, 0) is 20.8 Å². The molecule has 0 aromatic carbocycles. The second-order valence-corrected chi connectivity index (χ2v) is 6.57. The summed E-state index contributed by atoms with van der Waals surface area (Å²) in [6.07, 6.45) is -1.81. The highest BCUT2D eigenvalue weighted by Gasteiger charge is 2.34. The summed E-state index contributed by atoms with van der Waals surface area (Å²) in [5, 5.41) is 3.02. The van der Waals surface area contributed by atoms with E-state index >= 15 is 0 Å². The van der Waals surface area contributed by atoms with Crippen LogP contribution in [0.15, 0.2) is 0 Å². The van der Waals surface area contributed by atoms with E-state index in [1.54, 1.807) is 20.8 Å². The third-order valence-electron chi connectivity index (χ3n) is 2.70. The molecular weight excluding hydrogens is 346 g/mol. The molecule has 1 fully saturated rings. The fourth-order valence-corrected chi connectivity index (χ4v) is 2.34. The largest absolute Gasteiger partial charge is 0.758 e. The average molecular weight is 366 g/mol. The van der Waals surface area contributed by atoms with Crippen molar-refractivity contribution in [2.45, 2.75) is 32.4 Å². The Balaban J connectivity index is 2.86. The first-order valence-electron chi connectivity index (χ1n) is 6.93. The van der Waals surface area contributed by atoms with Crippen molar-refractivity contribution in [1.82, 2.24) is 14.7 Å². The number of carbonyl (C=O) groups is 3. The molecule has 0 bridgehead atoms. The highest BCUT2D eigenvalue weighted by atomic mass is 32.2. The van der Waals surface area contributed by atoms with Gasteiger partial charge in [0.05, 0.1) is 20.2 Å². The van der Waals surface area contributed by atoms with Crippen LogP contribution < -0.4 is 5.32 Å². The zero-order chi connectivity index (χ0) is 18.5. The highest BCUT2D eigenvalue weighted by molar-refractivity contribution is 7.76. The van der Waals surface area contributed by atoms with E-state index in [1.807, 2.05) is 0 Å². The van der Waals surface area contributed by atoms with Gasteiger partial charge >= 0.3 is 18.2 Å². The number of alkyl carbamates (subject to hydrolysis) is 1. The second-order valence-electron chi connectivity index (χ2n) is 5.71. The summed E-state index contributed by atoms with van der Waals surface area (Å²) in [6, 6.07) is -1.38. The summed E-state index contributed by atoms with van der Waals surface area (Å²) < 4.78 is 37.5. The number of hydrogen-bond acceptors (Lipinski definition) is 8. The fourth-order valence-electron chi connectivity index (χ4n) is 1.76. The zero-order valence-electron chi connectivity index (χ0n) is 13.8. The Labute approximate surface area is 141 Å². The lowest BCUT2D eigenvalue weighted by molar-refractivity contribution is -0.143. The Morgan fingerprint density at radius 3 is 2.54 bits per heavy atom. The van der Waals surface area contributed by atoms with Crippen molar-refractivity contribution < 1.29 is 37.4 Å². The summed E-state index contributed by atoms with van der Waals surface area (Å²) in [4.78, 5) is 35.1. The van der Waals surface area contributed by atoms with Gasteiger partial charge in [-0.1, -0.05) is 0 Å². The normalized spacial score (nSPS) is 17.2. The number of hydrogen-bond donors (Lipinski definition) is 1. The first-order chi connectivity index (χ1) is 11.0. The molecule has 12 heteroatoms. The van der Waals surface area contributed by atoms with E-state index in [1.165, 1.54) is 0 Å². The van der Waals surface area contributed by atoms with Crippen LogP contribution in [0.4, 0.5) is 9.59 Å². The topological polar surface area (TPSA) is 138 Å². The molecule has 1 aliphatic rings. The summed E-state index contributed by atoms with van der Waals surface area (Å²) >= 11 is -2.88. The third-order valence-corrected chi connectivity index (χ3v) is 3.39. The summed E-state index contributed by atoms with van der Waals surface area (Å²) in [5.41, 5.74) is -0.815. The van der Waals surface area contributed by atoms with E-state index in [0.29, 0.717) is 4.41 Å². The Hall–Kier alpha value is -1.92. The van der Waals surface area contributed by atoms with Crippen LogP contribution in [0.25, 0.3) is 0 Å². The first kappa shape index (κ1) is 20.1. The standard InChI is InChI=1S/C12H21N3O8S/c1-12(2,3)23-10(17)13-8(9(16)21-4)7-15(24(19)20)14-5-6-22-11(14)18/h8H,5-7H2,1-4H3,(H,13,17)(H,19,20)/p-1/t8-/m0/s1. The zero-order valence-corrected chi connectivity index (χ0v) is 14.6. The Kier molecular flexibility index (Phi) is 6.93. The van der Waals surface area contributed by atoms with Crippen molar-refractivity contribution in [1.29, 1.82) is 0 Å². The SMILES string of the molecule is COC(=O)[C@H](CN(N1CCOC1=O)S(=O)[O-])NC(=O)OC(C)(C)C. The minimum absolute atomic E-state index is 0.00680. The highest BCUT2D eigenvalue weighted by Crippen LogP contribution is 2.12. The van der Waals surface area contributed by atoms with E-state index in [4.69, 9.17) is 4.74 Å². The van der Waals surface area contributed by atoms with Gasteiger partial charge in [0.15, 0.2) is 0 Å². The number of nitrogens with zero attached hydrogens (tertiary/aromatic N) is 2. The number of methoxy groups -OCH3 is 1. The van der Waals surface area contributed by atoms with Crippen LogP contribution in [0.3, 0.4) is 0 Å². The summed E-state index contributed by atoms with van der Waals surface area (Å²) in [7, 11) is 1.08. The van der Waals surface area contributed by atoms with E-state index < -0.39 is 47.6 Å². The van der Waals surface area contributed by atoms with E-state index in [2.05, 4.69) is 14.8 Å². The number of carbonyl (C=O) groups excluding carboxylic acids is 3. The van der Waals surface area contributed by atoms with Gasteiger partial charge < -0.3 is 24.1 Å². The minimum atomic E-state index is -2.88. The summed E-state index contributed by atoms with van der Waals surface area (Å²) in [5.74, 6) is -0.899. The lowest BCUT2D eigenvalue weighted by Crippen LogP contribution is -2.55. The van der Waals surface area contributed by atoms with Crippen molar-refractivity contribution in [3.8, 4) is 0 Å². The Morgan fingerprint density at radius 1 is 1.50 bits per heavy atom. The number of hydrazine groups is 1. The lowest BCUT2D eigenvalue weighted by Gasteiger charge is -2.33. The number of cyclic esters (lactones) is 1. The van der Waals surface area contributed by atoms with Crippen molar-refractivity contribution >= 4 is 29.4 Å². The van der Waals surface area contributed by atoms with E-state index in [9.17, 15) is 23.1 Å². The van der Waals surface area contributed by atoms with Crippen LogP contribution in [0.5, 0.6) is 0 Å². The fraction of sp³-hybridized carbons (Fsp3) is 0.750. The van der Waals surface area contributed by atoms with Crippen LogP contribution in [-0.2, 0) is 30.3 Å². The summed E-state index contributed by atoms with van der Waals surface area (Å²) in [6.45, 7) is 4.32. The molecule has 0 aliphatic carbocycles. The van der Waals surface area contributed by atoms with Crippen LogP contribution in [0, 0.1) is 0 Å². The van der Waals surface area contributed by atoms with Crippen LogP contribution in [0.2, 0.25) is 0 Å². The van der Waals surface area contributed by atoms with Gasteiger partial charge in [-0.25, -0.2) is 19.4 Å². The lowest BCUT2D eigenvalue weighted by atomic mass is 10.2. The van der Waals surface area contributed by atoms with Crippen LogP contribution >= 0.6 is 0 Å². The minimum Gasteiger partial charge on any atom is -0.758 e. The third kappa shape index (κ3) is 5.94. The van der Waals surface area contributed by atoms with Gasteiger partial charge in [0.2, 0.25) is 0 Å². The molecule has 2 atom stereocenters. The van der Waals surface area contributed by atoms with E-state index in [-0.39, 0.29) is 13.2 Å². The first-order valence-corrected chi connectivity index (χ1v) is 7.97. The number of ether oxygens (including phenoxy) is 3. The molecule has 1 heterocycles. The average Bonchev–Trinajstić information content (AvgIpc) is 2.86. The van der Waals surface area contributed by atoms with Crippen molar-refractivity contribution in [2.75, 3.05) is 26.8 Å². The molecule has 1 rings (SSSR count). The molecule has 0 spiro atoms. The van der Waals surface area contributed by atoms with Crippen molar-refractivity contribution in [2.24, 2.45) is 0 Å². The molecule has 1 unspecified atom stereocenters. The Morgan fingerprint density at radius 2 is 2.12 bits per heavy atom. The molecule has 1 aliphatic heterocycles. The predicted octanol–water partition coefficient (Wildman–Crippen LogP) is -0.484. The quantitative estimate of drug-likeness (QED) is 0.378. The number of nitrogens with one attached hydrogen (secondary N) is 1. The maximum absolute atomic E-state index is 11.8. The van der Waals surface area contributed by atoms with Gasteiger partial charge in [0, 0.05) is 11.3 Å². The molecule has 1 N–H and O–H groups in total. The molecule has 2 amide bonds. The predicted molar refractivity (Wildman–Crippen MR) is 78.9 cm³/mol. The molecule has 11 nitrogen and oxygen atoms in total. The number of amides is 2. The molecule has 0 radical (unpaired) electrons. The van der Waals surface area contributed by atoms with Crippen molar-refractivity contribution in [3.05, 3.63) is 0 Å². The molecule has 0 saturated carbocycles. The number of rotatable bonds is 6. The molecule has 0 aromatic heterocycles. The van der Waals surface area contributed by atoms with Gasteiger partial charge in [-0.2, -0.15) is 0 Å². The van der Waals surface area contributed by atoms with Crippen molar-refractivity contribution in [3.63, 3.8) is 0 Å². The molecule has 24 heavy (non-hydrogen) atoms. The second kappa shape index (κ2) is 8.26. The monoisotopic (exact) mass is 366 g/mol. The van der Waals surface area contributed by atoms with Gasteiger partial charge in [-0.15, -0.1) is 4.41 Å². The van der Waals surface area contributed by atoms with Gasteiger partial charge in [0.1, 0.15) is 18.2 Å². The Bertz CT molecular complexity index is 521. The molecule has 0 aromatic rings.